The van der Waals surface area contributed by atoms with Gasteiger partial charge in [0, 0.05) is 114 Å². The molecule has 2 aromatic carbocycles. The Morgan fingerprint density at radius 2 is 1.47 bits per heavy atom. The summed E-state index contributed by atoms with van der Waals surface area (Å²) in [6.45, 7) is 6.72. The number of hydrogen-bond donors (Lipinski definition) is 0. The molecule has 1 atom stereocenters. The molecular weight excluding hydrogens is 637 g/mol. The predicted octanol–water partition coefficient (Wildman–Crippen LogP) is 8.67. The zero-order valence-corrected chi connectivity index (χ0v) is 29.1. The van der Waals surface area contributed by atoms with Gasteiger partial charge in [-0.3, -0.25) is 9.97 Å². The lowest BCUT2D eigenvalue weighted by atomic mass is 10.0. The summed E-state index contributed by atoms with van der Waals surface area (Å²) in [5, 5.41) is 10.6. The Labute approximate surface area is 296 Å². The van der Waals surface area contributed by atoms with Crippen LogP contribution in [0.5, 0.6) is 0 Å². The lowest BCUT2D eigenvalue weighted by molar-refractivity contribution is 0.308. The van der Waals surface area contributed by atoms with Crippen molar-refractivity contribution in [2.45, 2.75) is 45.4 Å². The van der Waals surface area contributed by atoms with Gasteiger partial charge < -0.3 is 18.9 Å². The van der Waals surface area contributed by atoms with E-state index >= 15 is 0 Å². The molecule has 0 spiro atoms. The van der Waals surface area contributed by atoms with Crippen LogP contribution in [-0.2, 0) is 32.5 Å². The highest BCUT2D eigenvalue weighted by Crippen LogP contribution is 2.34. The maximum Gasteiger partial charge on any atom is 0.0805 e. The molecule has 0 N–H and O–H groups in total. The number of likely N-dealkylation sites (N-methyl/N-ethyl adjacent to an activating group) is 2. The second-order valence-electron chi connectivity index (χ2n) is 13.3. The molecule has 0 radical (unpaired) electrons. The van der Waals surface area contributed by atoms with Crippen molar-refractivity contribution in [2.24, 2.45) is 10.2 Å². The van der Waals surface area contributed by atoms with Gasteiger partial charge in [0.05, 0.1) is 17.3 Å². The van der Waals surface area contributed by atoms with E-state index in [1.807, 2.05) is 30.5 Å². The third-order valence-corrected chi connectivity index (χ3v) is 9.90. The van der Waals surface area contributed by atoms with Crippen molar-refractivity contribution in [3.05, 3.63) is 152 Å². The molecule has 2 aliphatic heterocycles. The Hall–Kier alpha value is -5.90. The predicted molar refractivity (Wildman–Crippen MR) is 202 cm³/mol. The van der Waals surface area contributed by atoms with Gasteiger partial charge in [-0.25, -0.2) is 0 Å². The number of benzene rings is 2. The van der Waals surface area contributed by atoms with E-state index in [9.17, 15) is 0 Å². The normalized spacial score (nSPS) is 15.2. The maximum atomic E-state index is 9.04. The Bertz CT molecular complexity index is 2310. The van der Waals surface area contributed by atoms with Gasteiger partial charge in [-0.2, -0.15) is 0 Å². The number of aryl methyl sites for hydroxylation is 1. The first kappa shape index (κ1) is 33.6. The lowest BCUT2D eigenvalue weighted by Gasteiger charge is -2.25. The average Bonchev–Trinajstić information content (AvgIpc) is 3.62. The Balaban J connectivity index is 0.000000159. The summed E-state index contributed by atoms with van der Waals surface area (Å²) in [5.74, 6) is 0. The molecule has 2 aliphatic rings. The molecule has 6 aromatic rings. The number of rotatable bonds is 7. The van der Waals surface area contributed by atoms with Gasteiger partial charge in [0.25, 0.3) is 0 Å². The Morgan fingerprint density at radius 1 is 0.804 bits per heavy atom. The van der Waals surface area contributed by atoms with E-state index in [1.165, 1.54) is 44.4 Å². The number of azide groups is 2. The van der Waals surface area contributed by atoms with E-state index in [2.05, 4.69) is 112 Å². The zero-order chi connectivity index (χ0) is 35.3. The largest absolute Gasteiger partial charge is 0.343 e. The minimum absolute atomic E-state index is 0.243. The SMILES string of the molecule is CN1CCc2c(c3ccccc3n2CC(N=[N+]=[N-])c2ccncc2)C1.Cc1ccc2c(c1)c1c(n2/C=C(\N=[N+]=[N-])c2ccncc2)CCN(C)C1. The molecule has 8 rings (SSSR count). The Morgan fingerprint density at radius 3 is 2.18 bits per heavy atom. The number of pyridine rings is 2. The van der Waals surface area contributed by atoms with Crippen LogP contribution in [-0.4, -0.2) is 56.1 Å². The highest BCUT2D eigenvalue weighted by Gasteiger charge is 2.24. The van der Waals surface area contributed by atoms with Crippen LogP contribution in [0, 0.1) is 6.92 Å². The molecule has 0 aliphatic carbocycles. The summed E-state index contributed by atoms with van der Waals surface area (Å²) in [5.41, 5.74) is 29.6. The number of nitrogens with zero attached hydrogens (tertiary/aromatic N) is 12. The molecule has 6 heterocycles. The summed E-state index contributed by atoms with van der Waals surface area (Å²) in [7, 11) is 4.31. The third-order valence-electron chi connectivity index (χ3n) is 9.90. The van der Waals surface area contributed by atoms with Gasteiger partial charge in [-0.05, 0) is 96.8 Å². The van der Waals surface area contributed by atoms with Crippen molar-refractivity contribution in [3.63, 3.8) is 0 Å². The summed E-state index contributed by atoms with van der Waals surface area (Å²) in [6, 6.07) is 22.4. The highest BCUT2D eigenvalue weighted by molar-refractivity contribution is 5.90. The lowest BCUT2D eigenvalue weighted by Crippen LogP contribution is -2.27. The highest BCUT2D eigenvalue weighted by atomic mass is 15.2. The van der Waals surface area contributed by atoms with Gasteiger partial charge in [-0.1, -0.05) is 40.1 Å². The van der Waals surface area contributed by atoms with Crippen molar-refractivity contribution in [3.8, 4) is 0 Å². The molecule has 51 heavy (non-hydrogen) atoms. The quantitative estimate of drug-likeness (QED) is 0.0948. The van der Waals surface area contributed by atoms with Gasteiger partial charge in [0.1, 0.15) is 0 Å². The summed E-state index contributed by atoms with van der Waals surface area (Å²) in [4.78, 5) is 18.9. The van der Waals surface area contributed by atoms with Crippen molar-refractivity contribution in [2.75, 3.05) is 27.2 Å². The molecule has 256 valence electrons. The molecule has 0 saturated carbocycles. The van der Waals surface area contributed by atoms with Crippen LogP contribution in [0.4, 0.5) is 0 Å². The molecule has 1 unspecified atom stereocenters. The average molecular weight is 677 g/mol. The maximum absolute atomic E-state index is 9.04. The Kier molecular flexibility index (Phi) is 9.83. The van der Waals surface area contributed by atoms with E-state index < -0.39 is 0 Å². The van der Waals surface area contributed by atoms with Crippen molar-refractivity contribution in [1.82, 2.24) is 28.9 Å². The van der Waals surface area contributed by atoms with Crippen LogP contribution in [0.1, 0.15) is 45.2 Å². The van der Waals surface area contributed by atoms with Crippen LogP contribution < -0.4 is 0 Å². The first-order valence-corrected chi connectivity index (χ1v) is 17.1. The van der Waals surface area contributed by atoms with Crippen LogP contribution in [0.3, 0.4) is 0 Å². The van der Waals surface area contributed by atoms with Crippen LogP contribution >= 0.6 is 0 Å². The molecule has 0 saturated heterocycles. The van der Waals surface area contributed by atoms with Gasteiger partial charge in [-0.15, -0.1) is 0 Å². The molecule has 0 bridgehead atoms. The van der Waals surface area contributed by atoms with Crippen LogP contribution in [0.2, 0.25) is 0 Å². The zero-order valence-electron chi connectivity index (χ0n) is 29.1. The molecular formula is C39H40N12. The van der Waals surface area contributed by atoms with Crippen molar-refractivity contribution >= 4 is 33.7 Å². The van der Waals surface area contributed by atoms with E-state index in [-0.39, 0.29) is 6.04 Å². The second-order valence-corrected chi connectivity index (χ2v) is 13.3. The third kappa shape index (κ3) is 6.94. The minimum atomic E-state index is -0.243. The van der Waals surface area contributed by atoms with Crippen molar-refractivity contribution < 1.29 is 0 Å². The standard InChI is InChI=1S/C20H20N6.C19H20N6/c1-14-3-4-19-16(11-14)17-12-25(2)10-7-20(17)26(19)13-18(23-24-21)15-5-8-22-9-6-15;1-24-11-8-19-16(12-24)15-4-2-3-5-18(15)25(19)13-17(22-23-20)14-6-9-21-10-7-14/h3-6,8-9,11,13H,7,10,12H2,1-2H3;2-7,9-10,17H,8,11-13H2,1H3/b18-13-;. The fourth-order valence-corrected chi connectivity index (χ4v) is 7.41. The second kappa shape index (κ2) is 14.9. The molecule has 4 aromatic heterocycles. The monoisotopic (exact) mass is 676 g/mol. The van der Waals surface area contributed by atoms with Gasteiger partial charge >= 0.3 is 0 Å². The van der Waals surface area contributed by atoms with E-state index in [0.717, 1.165) is 55.7 Å². The van der Waals surface area contributed by atoms with Gasteiger partial charge in [0.2, 0.25) is 0 Å². The topological polar surface area (TPSA) is 140 Å². The molecule has 12 heteroatoms. The molecule has 0 fully saturated rings. The van der Waals surface area contributed by atoms with Crippen LogP contribution in [0.25, 0.3) is 54.6 Å². The number of hydrogen-bond acceptors (Lipinski definition) is 6. The number of aromatic nitrogens is 4. The summed E-state index contributed by atoms with van der Waals surface area (Å²) < 4.78 is 4.54. The number of para-hydroxylation sites is 1. The van der Waals surface area contributed by atoms with E-state index in [1.54, 1.807) is 24.8 Å². The molecule has 12 nitrogen and oxygen atoms in total. The first-order chi connectivity index (χ1) is 24.9. The number of fused-ring (bicyclic) bond motifs is 6. The first-order valence-electron chi connectivity index (χ1n) is 17.1. The van der Waals surface area contributed by atoms with E-state index in [4.69, 9.17) is 11.1 Å². The summed E-state index contributed by atoms with van der Waals surface area (Å²) in [6.07, 6.45) is 10.8. The molecule has 0 amide bonds. The van der Waals surface area contributed by atoms with Gasteiger partial charge in [0.15, 0.2) is 0 Å². The minimum Gasteiger partial charge on any atom is -0.343 e. The fraction of sp³-hybridized carbons (Fsp3) is 0.282. The summed E-state index contributed by atoms with van der Waals surface area (Å²) >= 11 is 0. The van der Waals surface area contributed by atoms with Crippen LogP contribution in [0.15, 0.2) is 102 Å². The fourth-order valence-electron chi connectivity index (χ4n) is 7.41. The smallest absolute Gasteiger partial charge is 0.0805 e. The van der Waals surface area contributed by atoms with Crippen molar-refractivity contribution in [1.29, 1.82) is 0 Å². The van der Waals surface area contributed by atoms with E-state index in [0.29, 0.717) is 12.2 Å².